The average Bonchev–Trinajstić information content (AvgIpc) is 2.43. The summed E-state index contributed by atoms with van der Waals surface area (Å²) < 4.78 is 0. The number of H-pyrrole nitrogens is 1. The number of para-hydroxylation sites is 1. The second-order valence-electron chi connectivity index (χ2n) is 3.70. The van der Waals surface area contributed by atoms with Crippen molar-refractivity contribution in [3.05, 3.63) is 30.0 Å². The van der Waals surface area contributed by atoms with E-state index in [4.69, 9.17) is 0 Å². The maximum Gasteiger partial charge on any atom is 0.0911 e. The van der Waals surface area contributed by atoms with Gasteiger partial charge >= 0.3 is 0 Å². The molecule has 0 atom stereocenters. The van der Waals surface area contributed by atoms with E-state index in [1.54, 1.807) is 0 Å². The van der Waals surface area contributed by atoms with Gasteiger partial charge in [-0.15, -0.1) is 0 Å². The van der Waals surface area contributed by atoms with Crippen LogP contribution in [0.1, 0.15) is 19.5 Å². The monoisotopic (exact) mass is 186 g/mol. The van der Waals surface area contributed by atoms with Crippen LogP contribution in [0, 0.1) is 6.92 Å². The number of hydrogen-bond acceptors (Lipinski definition) is 1. The first-order chi connectivity index (χ1) is 6.68. The van der Waals surface area contributed by atoms with Gasteiger partial charge in [-0.1, -0.05) is 18.2 Å². The molecule has 1 heterocycles. The van der Waals surface area contributed by atoms with Crippen molar-refractivity contribution in [1.29, 1.82) is 0 Å². The van der Waals surface area contributed by atoms with E-state index in [0.29, 0.717) is 0 Å². The number of aromatic nitrogens is 1. The molecule has 2 rings (SSSR count). The third-order valence-electron chi connectivity index (χ3n) is 2.19. The molecule has 0 amide bonds. The van der Waals surface area contributed by atoms with Crippen LogP contribution in [0.15, 0.2) is 29.3 Å². The third-order valence-corrected chi connectivity index (χ3v) is 2.19. The van der Waals surface area contributed by atoms with Gasteiger partial charge in [-0.25, -0.2) is 0 Å². The minimum absolute atomic E-state index is 1.07. The highest BCUT2D eigenvalue weighted by atomic mass is 14.8. The Morgan fingerprint density at radius 1 is 1.21 bits per heavy atom. The minimum Gasteiger partial charge on any atom is -0.357 e. The molecule has 0 aliphatic heterocycles. The molecule has 0 bridgehead atoms. The molecular formula is C12H14N2. The lowest BCUT2D eigenvalue weighted by Gasteiger charge is -1.94. The molecule has 1 aromatic heterocycles. The number of nitrogens with zero attached hydrogens (tertiary/aromatic N) is 1. The maximum atomic E-state index is 4.53. The lowest BCUT2D eigenvalue weighted by Crippen LogP contribution is -1.78. The fourth-order valence-electron chi connectivity index (χ4n) is 1.63. The molecule has 14 heavy (non-hydrogen) atoms. The van der Waals surface area contributed by atoms with Gasteiger partial charge in [-0.05, 0) is 26.8 Å². The summed E-state index contributed by atoms with van der Waals surface area (Å²) in [4.78, 5) is 7.86. The molecule has 2 nitrogen and oxygen atoms in total. The van der Waals surface area contributed by atoms with E-state index in [2.05, 4.69) is 29.0 Å². The van der Waals surface area contributed by atoms with Crippen LogP contribution in [0.2, 0.25) is 0 Å². The Balaban J connectivity index is 2.74. The van der Waals surface area contributed by atoms with Gasteiger partial charge in [0.2, 0.25) is 0 Å². The Bertz CT molecular complexity index is 488. The Kier molecular flexibility index (Phi) is 2.12. The predicted molar refractivity (Wildman–Crippen MR) is 61.5 cm³/mol. The molecule has 0 spiro atoms. The van der Waals surface area contributed by atoms with Crippen LogP contribution in [0.4, 0.5) is 5.69 Å². The zero-order chi connectivity index (χ0) is 10.1. The van der Waals surface area contributed by atoms with Crippen LogP contribution in [0.25, 0.3) is 10.9 Å². The summed E-state index contributed by atoms with van der Waals surface area (Å²) in [5.74, 6) is 0. The maximum absolute atomic E-state index is 4.53. The van der Waals surface area contributed by atoms with Crippen LogP contribution in [-0.2, 0) is 0 Å². The molecule has 1 N–H and O–H groups in total. The highest BCUT2D eigenvalue weighted by Gasteiger charge is 2.05. The van der Waals surface area contributed by atoms with Gasteiger partial charge in [-0.2, -0.15) is 0 Å². The first kappa shape index (κ1) is 9.00. The normalized spacial score (nSPS) is 10.5. The second kappa shape index (κ2) is 3.29. The van der Waals surface area contributed by atoms with E-state index in [9.17, 15) is 0 Å². The van der Waals surface area contributed by atoms with E-state index in [1.807, 2.05) is 26.0 Å². The van der Waals surface area contributed by atoms with E-state index >= 15 is 0 Å². The molecule has 0 saturated carbocycles. The number of fused-ring (bicyclic) bond motifs is 1. The summed E-state index contributed by atoms with van der Waals surface area (Å²) in [6, 6.07) is 8.25. The van der Waals surface area contributed by atoms with Gasteiger partial charge in [0.25, 0.3) is 0 Å². The average molecular weight is 186 g/mol. The van der Waals surface area contributed by atoms with Crippen LogP contribution in [0.5, 0.6) is 0 Å². The Hall–Kier alpha value is -1.57. The summed E-state index contributed by atoms with van der Waals surface area (Å²) in [5.41, 5.74) is 4.44. The van der Waals surface area contributed by atoms with Crippen LogP contribution >= 0.6 is 0 Å². The number of hydrogen-bond donors (Lipinski definition) is 1. The second-order valence-corrected chi connectivity index (χ2v) is 3.70. The molecule has 0 radical (unpaired) electrons. The van der Waals surface area contributed by atoms with Crippen molar-refractivity contribution in [2.24, 2.45) is 4.99 Å². The first-order valence-electron chi connectivity index (χ1n) is 4.77. The van der Waals surface area contributed by atoms with E-state index in [-0.39, 0.29) is 0 Å². The summed E-state index contributed by atoms with van der Waals surface area (Å²) in [7, 11) is 0. The SMILES string of the molecule is CC(C)=Nc1c(C)[nH]c2ccccc12. The molecule has 0 saturated heterocycles. The highest BCUT2D eigenvalue weighted by molar-refractivity contribution is 5.96. The van der Waals surface area contributed by atoms with Crippen molar-refractivity contribution < 1.29 is 0 Å². The number of aromatic amines is 1. The molecular weight excluding hydrogens is 172 g/mol. The molecule has 0 fully saturated rings. The summed E-state index contributed by atoms with van der Waals surface area (Å²) in [6.07, 6.45) is 0. The van der Waals surface area contributed by atoms with Crippen molar-refractivity contribution in [2.45, 2.75) is 20.8 Å². The van der Waals surface area contributed by atoms with Gasteiger partial charge in [-0.3, -0.25) is 4.99 Å². The summed E-state index contributed by atoms with van der Waals surface area (Å²) >= 11 is 0. The number of nitrogens with one attached hydrogen (secondary N) is 1. The Morgan fingerprint density at radius 2 is 1.93 bits per heavy atom. The van der Waals surface area contributed by atoms with Crippen molar-refractivity contribution in [2.75, 3.05) is 0 Å². The summed E-state index contributed by atoms with van der Waals surface area (Å²) in [5, 5.41) is 1.20. The Morgan fingerprint density at radius 3 is 2.64 bits per heavy atom. The summed E-state index contributed by atoms with van der Waals surface area (Å²) in [6.45, 7) is 6.09. The molecule has 2 heteroatoms. The molecule has 72 valence electrons. The number of benzene rings is 1. The lowest BCUT2D eigenvalue weighted by atomic mass is 10.2. The Labute approximate surface area is 83.7 Å². The van der Waals surface area contributed by atoms with Gasteiger partial charge < -0.3 is 4.98 Å². The van der Waals surface area contributed by atoms with Gasteiger partial charge in [0, 0.05) is 22.3 Å². The van der Waals surface area contributed by atoms with Gasteiger partial charge in [0.05, 0.1) is 5.69 Å². The van der Waals surface area contributed by atoms with E-state index in [0.717, 1.165) is 22.6 Å². The fraction of sp³-hybridized carbons (Fsp3) is 0.250. The van der Waals surface area contributed by atoms with Crippen molar-refractivity contribution in [3.63, 3.8) is 0 Å². The molecule has 2 aromatic rings. The topological polar surface area (TPSA) is 28.1 Å². The molecule has 1 aromatic carbocycles. The van der Waals surface area contributed by atoms with E-state index < -0.39 is 0 Å². The number of rotatable bonds is 1. The van der Waals surface area contributed by atoms with Crippen molar-refractivity contribution in [3.8, 4) is 0 Å². The van der Waals surface area contributed by atoms with Crippen LogP contribution in [-0.4, -0.2) is 10.7 Å². The standard InChI is InChI=1S/C12H14N2/c1-8(2)13-12-9(3)14-11-7-5-4-6-10(11)12/h4-7,14H,1-3H3. The van der Waals surface area contributed by atoms with Gasteiger partial charge in [0.1, 0.15) is 0 Å². The predicted octanol–water partition coefficient (Wildman–Crippen LogP) is 3.59. The van der Waals surface area contributed by atoms with Gasteiger partial charge in [0.15, 0.2) is 0 Å². The largest absolute Gasteiger partial charge is 0.357 e. The zero-order valence-electron chi connectivity index (χ0n) is 8.76. The van der Waals surface area contributed by atoms with Crippen LogP contribution in [0.3, 0.4) is 0 Å². The van der Waals surface area contributed by atoms with Crippen molar-refractivity contribution >= 4 is 22.3 Å². The van der Waals surface area contributed by atoms with E-state index in [1.165, 1.54) is 5.39 Å². The molecule has 0 aliphatic rings. The third kappa shape index (κ3) is 1.43. The number of aryl methyl sites for hydroxylation is 1. The minimum atomic E-state index is 1.07. The molecule has 0 unspecified atom stereocenters. The fourth-order valence-corrected chi connectivity index (χ4v) is 1.63. The highest BCUT2D eigenvalue weighted by Crippen LogP contribution is 2.29. The number of aliphatic imine (C=N–C) groups is 1. The van der Waals surface area contributed by atoms with Crippen molar-refractivity contribution in [1.82, 2.24) is 4.98 Å². The first-order valence-corrected chi connectivity index (χ1v) is 4.77. The smallest absolute Gasteiger partial charge is 0.0911 e. The van der Waals surface area contributed by atoms with Crippen LogP contribution < -0.4 is 0 Å². The molecule has 0 aliphatic carbocycles. The zero-order valence-corrected chi connectivity index (χ0v) is 8.76. The lowest BCUT2D eigenvalue weighted by molar-refractivity contribution is 1.28. The quantitative estimate of drug-likeness (QED) is 0.659.